The average Bonchev–Trinajstić information content (AvgIpc) is 2.57. The molecule has 8 heteroatoms. The highest BCUT2D eigenvalue weighted by atomic mass is 32.2. The molecule has 0 aliphatic carbocycles. The summed E-state index contributed by atoms with van der Waals surface area (Å²) in [6, 6.07) is 7.69. The van der Waals surface area contributed by atoms with E-state index in [0.29, 0.717) is 5.69 Å². The van der Waals surface area contributed by atoms with E-state index in [0.717, 1.165) is 10.4 Å². The quantitative estimate of drug-likeness (QED) is 0.908. The normalized spacial score (nSPS) is 17.6. The number of likely N-dealkylation sites (N-methyl/N-ethyl adjacent to an activating group) is 1. The van der Waals surface area contributed by atoms with Crippen LogP contribution in [-0.4, -0.2) is 32.5 Å². The van der Waals surface area contributed by atoms with Gasteiger partial charge in [0.1, 0.15) is 17.6 Å². The molecule has 0 spiro atoms. The number of benzene rings is 2. The Morgan fingerprint density at radius 2 is 1.76 bits per heavy atom. The molecule has 1 heterocycles. The number of carbonyl (C=O) groups is 1. The molecule has 1 N–H and O–H groups in total. The minimum atomic E-state index is -4.12. The number of phenols is 1. The summed E-state index contributed by atoms with van der Waals surface area (Å²) in [5, 5.41) is 9.38. The first kappa shape index (κ1) is 17.2. The number of rotatable bonds is 3. The van der Waals surface area contributed by atoms with Crippen molar-refractivity contribution in [3.05, 3.63) is 48.3 Å². The van der Waals surface area contributed by atoms with Crippen LogP contribution in [0.1, 0.15) is 13.3 Å². The minimum absolute atomic E-state index is 0.0770. The molecule has 0 radical (unpaired) electrons. The summed E-state index contributed by atoms with van der Waals surface area (Å²) in [4.78, 5) is 13.9. The number of carbonyl (C=O) groups excluding carboxylic acids is 1. The third kappa shape index (κ3) is 2.72. The Hall–Kier alpha value is -2.61. The van der Waals surface area contributed by atoms with Gasteiger partial charge in [-0.1, -0.05) is 6.92 Å². The second-order valence-electron chi connectivity index (χ2n) is 5.75. The summed E-state index contributed by atoms with van der Waals surface area (Å²) in [5.41, 5.74) is 0.431. The lowest BCUT2D eigenvalue weighted by Crippen LogP contribution is -2.54. The number of sulfonamides is 1. The number of hydrogen-bond donors (Lipinski definition) is 1. The van der Waals surface area contributed by atoms with Gasteiger partial charge in [-0.2, -0.15) is 0 Å². The smallest absolute Gasteiger partial charge is 0.265 e. The summed E-state index contributed by atoms with van der Waals surface area (Å²) in [5.74, 6) is -1.06. The fourth-order valence-corrected chi connectivity index (χ4v) is 4.62. The zero-order valence-electron chi connectivity index (χ0n) is 13.7. The van der Waals surface area contributed by atoms with Gasteiger partial charge in [0.25, 0.3) is 15.9 Å². The molecule has 25 heavy (non-hydrogen) atoms. The second kappa shape index (κ2) is 6.03. The zero-order valence-corrected chi connectivity index (χ0v) is 14.5. The van der Waals surface area contributed by atoms with Gasteiger partial charge in [-0.25, -0.2) is 12.8 Å². The Kier molecular flexibility index (Phi) is 4.16. The van der Waals surface area contributed by atoms with Crippen molar-refractivity contribution >= 4 is 27.3 Å². The largest absolute Gasteiger partial charge is 0.508 e. The molecule has 1 amide bonds. The van der Waals surface area contributed by atoms with E-state index in [1.807, 2.05) is 0 Å². The van der Waals surface area contributed by atoms with Crippen LogP contribution in [0.4, 0.5) is 15.8 Å². The first-order valence-electron chi connectivity index (χ1n) is 7.68. The van der Waals surface area contributed by atoms with E-state index in [-0.39, 0.29) is 28.7 Å². The lowest BCUT2D eigenvalue weighted by molar-refractivity contribution is -0.119. The maximum atomic E-state index is 13.8. The molecule has 6 nitrogen and oxygen atoms in total. The lowest BCUT2D eigenvalue weighted by atomic mass is 10.1. The Balaban J connectivity index is 2.25. The molecular formula is C17H17FN2O4S. The summed E-state index contributed by atoms with van der Waals surface area (Å²) in [6.07, 6.45) is 0.233. The molecule has 2 aromatic carbocycles. The molecule has 0 aromatic heterocycles. The second-order valence-corrected chi connectivity index (χ2v) is 7.56. The van der Waals surface area contributed by atoms with Crippen molar-refractivity contribution in [2.24, 2.45) is 0 Å². The third-order valence-corrected chi connectivity index (χ3v) is 6.05. The Labute approximate surface area is 145 Å². The van der Waals surface area contributed by atoms with Crippen molar-refractivity contribution in [3.8, 4) is 5.75 Å². The van der Waals surface area contributed by atoms with E-state index in [2.05, 4.69) is 0 Å². The van der Waals surface area contributed by atoms with Gasteiger partial charge in [-0.15, -0.1) is 0 Å². The van der Waals surface area contributed by atoms with Crippen molar-refractivity contribution < 1.29 is 22.7 Å². The van der Waals surface area contributed by atoms with Crippen LogP contribution in [0.25, 0.3) is 0 Å². The Morgan fingerprint density at radius 1 is 1.12 bits per heavy atom. The van der Waals surface area contributed by atoms with Crippen molar-refractivity contribution in [1.29, 1.82) is 0 Å². The number of hydrogen-bond acceptors (Lipinski definition) is 4. The van der Waals surface area contributed by atoms with Crippen LogP contribution in [0, 0.1) is 5.82 Å². The average molecular weight is 364 g/mol. The first-order valence-corrected chi connectivity index (χ1v) is 9.12. The highest BCUT2D eigenvalue weighted by molar-refractivity contribution is 7.93. The van der Waals surface area contributed by atoms with Gasteiger partial charge in [0, 0.05) is 13.1 Å². The monoisotopic (exact) mass is 364 g/mol. The summed E-state index contributed by atoms with van der Waals surface area (Å²) < 4.78 is 41.1. The number of amides is 1. The van der Waals surface area contributed by atoms with E-state index >= 15 is 0 Å². The van der Waals surface area contributed by atoms with Crippen molar-refractivity contribution in [2.45, 2.75) is 24.3 Å². The summed E-state index contributed by atoms with van der Waals surface area (Å²) in [6.45, 7) is 1.69. The van der Waals surface area contributed by atoms with Gasteiger partial charge < -0.3 is 10.0 Å². The standard InChI is InChI=1S/C17H17FN2O4S/c1-3-14-17(22)19(2)15-9-4-11(18)10-16(15)20(14)25(23,24)13-7-5-12(21)6-8-13/h4-10,14,21H,3H2,1-2H3/t14-/m0/s1. The maximum absolute atomic E-state index is 13.8. The SMILES string of the molecule is CC[C@H]1C(=O)N(C)c2ccc(F)cc2N1S(=O)(=O)c1ccc(O)cc1. The molecule has 3 rings (SSSR count). The van der Waals surface area contributed by atoms with Crippen LogP contribution in [0.2, 0.25) is 0 Å². The molecule has 1 atom stereocenters. The molecule has 1 aliphatic rings. The fourth-order valence-electron chi connectivity index (χ4n) is 2.94. The van der Waals surface area contributed by atoms with E-state index in [1.165, 1.54) is 48.3 Å². The molecule has 0 unspecified atom stereocenters. The minimum Gasteiger partial charge on any atom is -0.508 e. The predicted octanol–water partition coefficient (Wildman–Crippen LogP) is 2.48. The van der Waals surface area contributed by atoms with Crippen molar-refractivity contribution in [2.75, 3.05) is 16.3 Å². The molecular weight excluding hydrogens is 347 g/mol. The maximum Gasteiger partial charge on any atom is 0.265 e. The molecule has 0 saturated carbocycles. The number of aromatic hydroxyl groups is 1. The fraction of sp³-hybridized carbons (Fsp3) is 0.235. The van der Waals surface area contributed by atoms with Gasteiger partial charge in [0.05, 0.1) is 16.3 Å². The molecule has 1 aliphatic heterocycles. The molecule has 0 bridgehead atoms. The summed E-state index contributed by atoms with van der Waals surface area (Å²) >= 11 is 0. The Bertz CT molecular complexity index is 928. The Morgan fingerprint density at radius 3 is 2.36 bits per heavy atom. The highest BCUT2D eigenvalue weighted by Gasteiger charge is 2.42. The van der Waals surface area contributed by atoms with Crippen molar-refractivity contribution in [3.63, 3.8) is 0 Å². The highest BCUT2D eigenvalue weighted by Crippen LogP contribution is 2.40. The van der Waals surface area contributed by atoms with Gasteiger partial charge in [-0.3, -0.25) is 9.10 Å². The molecule has 132 valence electrons. The number of phenolic OH excluding ortho intramolecular Hbond substituents is 1. The molecule has 0 saturated heterocycles. The van der Waals surface area contributed by atoms with Crippen LogP contribution < -0.4 is 9.21 Å². The van der Waals surface area contributed by atoms with Gasteiger partial charge >= 0.3 is 0 Å². The van der Waals surface area contributed by atoms with E-state index < -0.39 is 21.9 Å². The third-order valence-electron chi connectivity index (χ3n) is 4.22. The molecule has 0 fully saturated rings. The number of fused-ring (bicyclic) bond motifs is 1. The zero-order chi connectivity index (χ0) is 18.4. The summed E-state index contributed by atoms with van der Waals surface area (Å²) in [7, 11) is -2.58. The molecule has 2 aromatic rings. The predicted molar refractivity (Wildman–Crippen MR) is 91.7 cm³/mol. The van der Waals surface area contributed by atoms with Gasteiger partial charge in [-0.05, 0) is 42.8 Å². The number of halogens is 1. The topological polar surface area (TPSA) is 77.9 Å². The van der Waals surface area contributed by atoms with E-state index in [1.54, 1.807) is 6.92 Å². The van der Waals surface area contributed by atoms with E-state index in [4.69, 9.17) is 0 Å². The van der Waals surface area contributed by atoms with Gasteiger partial charge in [0.2, 0.25) is 0 Å². The van der Waals surface area contributed by atoms with Crippen LogP contribution in [0.5, 0.6) is 5.75 Å². The van der Waals surface area contributed by atoms with Crippen LogP contribution in [0.3, 0.4) is 0 Å². The first-order chi connectivity index (χ1) is 11.8. The number of anilines is 2. The van der Waals surface area contributed by atoms with Crippen LogP contribution in [0.15, 0.2) is 47.4 Å². The van der Waals surface area contributed by atoms with Crippen molar-refractivity contribution in [1.82, 2.24) is 0 Å². The van der Waals surface area contributed by atoms with Crippen LogP contribution in [-0.2, 0) is 14.8 Å². The van der Waals surface area contributed by atoms with E-state index in [9.17, 15) is 22.7 Å². The van der Waals surface area contributed by atoms with Gasteiger partial charge in [0.15, 0.2) is 0 Å². The van der Waals surface area contributed by atoms with Crippen LogP contribution >= 0.6 is 0 Å². The number of nitrogens with zero attached hydrogens (tertiary/aromatic N) is 2. The lowest BCUT2D eigenvalue weighted by Gasteiger charge is -2.40.